The Kier molecular flexibility index (Phi) is 9.73. The molecule has 0 radical (unpaired) electrons. The average Bonchev–Trinajstić information content (AvgIpc) is 2.98. The smallest absolute Gasteiger partial charge is 0.264 e. The third kappa shape index (κ3) is 8.17. The number of anilines is 2. The number of benzene rings is 4. The minimum Gasteiger partial charge on any atom is -0.484 e. The number of nitrogens with zero attached hydrogens (tertiary/aromatic N) is 2. The number of hydrogen-bond donors (Lipinski definition) is 2. The molecule has 41 heavy (non-hydrogen) atoms. The summed E-state index contributed by atoms with van der Waals surface area (Å²) in [6, 6.07) is 28.4. The molecule has 9 nitrogen and oxygen atoms in total. The van der Waals surface area contributed by atoms with Crippen molar-refractivity contribution in [2.75, 3.05) is 22.8 Å². The Morgan fingerprint density at radius 1 is 0.902 bits per heavy atom. The van der Waals surface area contributed by atoms with Crippen LogP contribution in [0, 0.1) is 6.92 Å². The molecule has 4 aromatic rings. The minimum absolute atomic E-state index is 0.0351. The van der Waals surface area contributed by atoms with Gasteiger partial charge in [0.25, 0.3) is 21.8 Å². The molecule has 0 saturated heterocycles. The molecule has 4 aromatic carbocycles. The number of carbonyl (C=O) groups excluding carboxylic acids is 2. The standard InChI is InChI=1S/C30H27ClN4O5S/c1-22-12-15-25(18-28(22)31)35(41(38,39)27-10-6-3-7-11-27)20-29(36)34-32-19-23-13-16-26(17-14-23)40-21-30(37)33-24-8-4-2-5-9-24/h2-19H,20-21H2,1H3,(H,33,37)(H,34,36)/b32-19-. The minimum atomic E-state index is -4.07. The zero-order valence-electron chi connectivity index (χ0n) is 22.0. The molecule has 0 aliphatic heterocycles. The maximum atomic E-state index is 13.4. The van der Waals surface area contributed by atoms with Crippen LogP contribution in [-0.2, 0) is 19.6 Å². The van der Waals surface area contributed by atoms with E-state index in [1.54, 1.807) is 73.7 Å². The van der Waals surface area contributed by atoms with Crippen LogP contribution in [0.4, 0.5) is 11.4 Å². The Balaban J connectivity index is 1.36. The lowest BCUT2D eigenvalue weighted by atomic mass is 10.2. The molecular weight excluding hydrogens is 564 g/mol. The summed E-state index contributed by atoms with van der Waals surface area (Å²) < 4.78 is 33.3. The molecule has 0 fully saturated rings. The first-order valence-corrected chi connectivity index (χ1v) is 14.3. The number of aryl methyl sites for hydroxylation is 1. The fourth-order valence-corrected chi connectivity index (χ4v) is 5.24. The number of amides is 2. The van der Waals surface area contributed by atoms with Crippen molar-refractivity contribution in [1.82, 2.24) is 5.43 Å². The summed E-state index contributed by atoms with van der Waals surface area (Å²) in [6.07, 6.45) is 1.41. The van der Waals surface area contributed by atoms with Crippen molar-refractivity contribution >= 4 is 51.0 Å². The van der Waals surface area contributed by atoms with Crippen LogP contribution < -0.4 is 19.8 Å². The Bertz CT molecular complexity index is 1630. The number of para-hydroxylation sites is 1. The number of ether oxygens (including phenoxy) is 1. The SMILES string of the molecule is Cc1ccc(N(CC(=O)N/N=C\c2ccc(OCC(=O)Nc3ccccc3)cc2)S(=O)(=O)c2ccccc2)cc1Cl. The van der Waals surface area contributed by atoms with E-state index >= 15 is 0 Å². The van der Waals surface area contributed by atoms with E-state index in [-0.39, 0.29) is 23.1 Å². The number of nitrogens with one attached hydrogen (secondary N) is 2. The van der Waals surface area contributed by atoms with Gasteiger partial charge in [0.15, 0.2) is 6.61 Å². The van der Waals surface area contributed by atoms with Crippen LogP contribution in [0.5, 0.6) is 5.75 Å². The summed E-state index contributed by atoms with van der Waals surface area (Å²) >= 11 is 6.25. The number of hydrogen-bond acceptors (Lipinski definition) is 6. The van der Waals surface area contributed by atoms with Crippen molar-refractivity contribution in [3.8, 4) is 5.75 Å². The maximum absolute atomic E-state index is 13.4. The summed E-state index contributed by atoms with van der Waals surface area (Å²) in [5.74, 6) is -0.462. The predicted molar refractivity (Wildman–Crippen MR) is 160 cm³/mol. The lowest BCUT2D eigenvalue weighted by molar-refractivity contribution is -0.119. The summed E-state index contributed by atoms with van der Waals surface area (Å²) in [6.45, 7) is 1.11. The number of halogens is 1. The molecule has 2 amide bonds. The lowest BCUT2D eigenvalue weighted by Crippen LogP contribution is -2.39. The number of hydrazone groups is 1. The molecule has 2 N–H and O–H groups in total. The van der Waals surface area contributed by atoms with Gasteiger partial charge in [0.1, 0.15) is 12.3 Å². The van der Waals surface area contributed by atoms with E-state index in [2.05, 4.69) is 15.8 Å². The summed E-state index contributed by atoms with van der Waals surface area (Å²) in [5, 5.41) is 7.06. The van der Waals surface area contributed by atoms with Gasteiger partial charge in [-0.2, -0.15) is 5.10 Å². The molecule has 0 unspecified atom stereocenters. The second kappa shape index (κ2) is 13.6. The normalized spacial score (nSPS) is 11.2. The van der Waals surface area contributed by atoms with Crippen molar-refractivity contribution < 1.29 is 22.7 Å². The van der Waals surface area contributed by atoms with E-state index in [1.807, 2.05) is 18.2 Å². The molecule has 0 aliphatic carbocycles. The summed E-state index contributed by atoms with van der Waals surface area (Å²) in [4.78, 5) is 24.8. The highest BCUT2D eigenvalue weighted by molar-refractivity contribution is 7.92. The fraction of sp³-hybridized carbons (Fsp3) is 0.100. The van der Waals surface area contributed by atoms with Gasteiger partial charge in [0, 0.05) is 10.7 Å². The molecular formula is C30H27ClN4O5S. The lowest BCUT2D eigenvalue weighted by Gasteiger charge is -2.24. The second-order valence-corrected chi connectivity index (χ2v) is 11.1. The molecule has 11 heteroatoms. The Labute approximate surface area is 243 Å². The number of carbonyl (C=O) groups is 2. The third-order valence-electron chi connectivity index (χ3n) is 5.77. The molecule has 0 aliphatic rings. The highest BCUT2D eigenvalue weighted by Gasteiger charge is 2.27. The van der Waals surface area contributed by atoms with Crippen LogP contribution in [0.25, 0.3) is 0 Å². The third-order valence-corrected chi connectivity index (χ3v) is 7.97. The van der Waals surface area contributed by atoms with Gasteiger partial charge in [-0.1, -0.05) is 54.1 Å². The summed E-state index contributed by atoms with van der Waals surface area (Å²) in [5.41, 5.74) is 4.71. The van der Waals surface area contributed by atoms with Crippen molar-refractivity contribution in [3.63, 3.8) is 0 Å². The maximum Gasteiger partial charge on any atom is 0.264 e. The predicted octanol–water partition coefficient (Wildman–Crippen LogP) is 5.01. The Morgan fingerprint density at radius 2 is 1.56 bits per heavy atom. The highest BCUT2D eigenvalue weighted by atomic mass is 35.5. The molecule has 0 saturated carbocycles. The van der Waals surface area contributed by atoms with Crippen molar-refractivity contribution in [2.45, 2.75) is 11.8 Å². The van der Waals surface area contributed by atoms with Crippen LogP contribution in [0.3, 0.4) is 0 Å². The van der Waals surface area contributed by atoms with Crippen LogP contribution in [0.2, 0.25) is 5.02 Å². The highest BCUT2D eigenvalue weighted by Crippen LogP contribution is 2.28. The van der Waals surface area contributed by atoms with Gasteiger partial charge >= 0.3 is 0 Å². The molecule has 0 spiro atoms. The summed E-state index contributed by atoms with van der Waals surface area (Å²) in [7, 11) is -4.07. The van der Waals surface area contributed by atoms with Gasteiger partial charge in [-0.15, -0.1) is 0 Å². The van der Waals surface area contributed by atoms with Crippen molar-refractivity contribution in [1.29, 1.82) is 0 Å². The van der Waals surface area contributed by atoms with Crippen LogP contribution >= 0.6 is 11.6 Å². The first-order valence-electron chi connectivity index (χ1n) is 12.5. The molecule has 0 heterocycles. The number of sulfonamides is 1. The van der Waals surface area contributed by atoms with Gasteiger partial charge in [0.2, 0.25) is 0 Å². The van der Waals surface area contributed by atoms with E-state index in [0.717, 1.165) is 9.87 Å². The Hall–Kier alpha value is -4.67. The van der Waals surface area contributed by atoms with Crippen molar-refractivity contribution in [2.24, 2.45) is 5.10 Å². The topological polar surface area (TPSA) is 117 Å². The van der Waals surface area contributed by atoms with Crippen molar-refractivity contribution in [3.05, 3.63) is 119 Å². The van der Waals surface area contributed by atoms with E-state index in [9.17, 15) is 18.0 Å². The molecule has 0 atom stereocenters. The van der Waals surface area contributed by atoms with E-state index in [0.29, 0.717) is 22.0 Å². The van der Waals surface area contributed by atoms with E-state index in [1.165, 1.54) is 24.4 Å². The van der Waals surface area contributed by atoms with Gasteiger partial charge in [-0.3, -0.25) is 13.9 Å². The monoisotopic (exact) mass is 590 g/mol. The van der Waals surface area contributed by atoms with Gasteiger partial charge in [0.05, 0.1) is 16.8 Å². The molecule has 0 aromatic heterocycles. The quantitative estimate of drug-likeness (QED) is 0.188. The second-order valence-electron chi connectivity index (χ2n) is 8.82. The van der Waals surface area contributed by atoms with Crippen LogP contribution in [-0.4, -0.2) is 39.6 Å². The largest absolute Gasteiger partial charge is 0.484 e. The number of rotatable bonds is 11. The molecule has 210 valence electrons. The van der Waals surface area contributed by atoms with Gasteiger partial charge in [-0.05, 0) is 78.7 Å². The van der Waals surface area contributed by atoms with Gasteiger partial charge in [-0.25, -0.2) is 13.8 Å². The Morgan fingerprint density at radius 3 is 2.22 bits per heavy atom. The van der Waals surface area contributed by atoms with Crippen LogP contribution in [0.15, 0.2) is 113 Å². The first-order chi connectivity index (χ1) is 19.7. The van der Waals surface area contributed by atoms with E-state index < -0.39 is 22.5 Å². The first kappa shape index (κ1) is 29.3. The zero-order chi connectivity index (χ0) is 29.2. The average molecular weight is 591 g/mol. The zero-order valence-corrected chi connectivity index (χ0v) is 23.6. The fourth-order valence-electron chi connectivity index (χ4n) is 3.63. The van der Waals surface area contributed by atoms with E-state index in [4.69, 9.17) is 16.3 Å². The molecule has 0 bridgehead atoms. The molecule has 4 rings (SSSR count). The van der Waals surface area contributed by atoms with Crippen LogP contribution in [0.1, 0.15) is 11.1 Å². The van der Waals surface area contributed by atoms with Gasteiger partial charge < -0.3 is 10.1 Å².